The third-order valence-electron chi connectivity index (χ3n) is 3.07. The van der Waals surface area contributed by atoms with Crippen LogP contribution < -0.4 is 0 Å². The van der Waals surface area contributed by atoms with Crippen molar-refractivity contribution in [2.45, 2.75) is 45.3 Å². The molecule has 1 aromatic rings. The van der Waals surface area contributed by atoms with Crippen LogP contribution in [0.5, 0.6) is 0 Å². The van der Waals surface area contributed by atoms with Gasteiger partial charge >= 0.3 is 0 Å². The fourth-order valence-corrected chi connectivity index (χ4v) is 2.19. The molecule has 3 atom stereocenters. The number of pyridine rings is 1. The molecule has 0 saturated heterocycles. The van der Waals surface area contributed by atoms with E-state index in [1.807, 2.05) is 40.0 Å². The van der Waals surface area contributed by atoms with E-state index < -0.39 is 0 Å². The van der Waals surface area contributed by atoms with Crippen molar-refractivity contribution in [2.75, 3.05) is 6.61 Å². The first kappa shape index (κ1) is 12.5. The van der Waals surface area contributed by atoms with E-state index in [1.165, 1.54) is 0 Å². The van der Waals surface area contributed by atoms with Crippen LogP contribution in [0, 0.1) is 12.8 Å². The molecule has 0 radical (unpaired) electrons. The highest BCUT2D eigenvalue weighted by atomic mass is 16.5. The number of hydrogen-bond acceptors (Lipinski definition) is 3. The molecular weight excluding hydrogens is 214 g/mol. The lowest BCUT2D eigenvalue weighted by Crippen LogP contribution is -2.22. The Balaban J connectivity index is 2.09. The molecule has 0 bridgehead atoms. The summed E-state index contributed by atoms with van der Waals surface area (Å²) in [5, 5.41) is 9.35. The van der Waals surface area contributed by atoms with Gasteiger partial charge in [0.25, 0.3) is 0 Å². The molecule has 1 fully saturated rings. The van der Waals surface area contributed by atoms with Crippen molar-refractivity contribution in [3.8, 4) is 0 Å². The first-order valence-electron chi connectivity index (χ1n) is 6.13. The van der Waals surface area contributed by atoms with E-state index in [-0.39, 0.29) is 30.1 Å². The monoisotopic (exact) mass is 235 g/mol. The lowest BCUT2D eigenvalue weighted by molar-refractivity contribution is -0.0266. The van der Waals surface area contributed by atoms with E-state index in [0.717, 1.165) is 11.3 Å². The molecular formula is C14H21NO2. The molecule has 3 nitrogen and oxygen atoms in total. The fourth-order valence-electron chi connectivity index (χ4n) is 2.19. The van der Waals surface area contributed by atoms with Crippen LogP contribution in [0.25, 0.3) is 0 Å². The number of aliphatic hydroxyl groups is 1. The van der Waals surface area contributed by atoms with E-state index in [1.54, 1.807) is 0 Å². The second-order valence-corrected chi connectivity index (χ2v) is 5.83. The lowest BCUT2D eigenvalue weighted by atomic mass is 10.2. The lowest BCUT2D eigenvalue weighted by Gasteiger charge is -2.19. The van der Waals surface area contributed by atoms with Crippen molar-refractivity contribution >= 4 is 0 Å². The summed E-state index contributed by atoms with van der Waals surface area (Å²) < 4.78 is 5.95. The van der Waals surface area contributed by atoms with Gasteiger partial charge in [-0.05, 0) is 39.3 Å². The number of ether oxygens (including phenoxy) is 1. The van der Waals surface area contributed by atoms with Gasteiger partial charge in [-0.3, -0.25) is 4.98 Å². The van der Waals surface area contributed by atoms with Gasteiger partial charge in [-0.15, -0.1) is 0 Å². The van der Waals surface area contributed by atoms with Gasteiger partial charge in [0.2, 0.25) is 0 Å². The Bertz CT molecular complexity index is 380. The number of aliphatic hydroxyl groups excluding tert-OH is 1. The standard InChI is InChI=1S/C14H21NO2/c1-9-5-6-11(15-7-9)12-10(8-16)13(12)17-14(2,3)4/h5-7,10,12-13,16H,8H2,1-4H3. The minimum Gasteiger partial charge on any atom is -0.396 e. The Morgan fingerprint density at radius 3 is 2.53 bits per heavy atom. The van der Waals surface area contributed by atoms with Crippen molar-refractivity contribution in [2.24, 2.45) is 5.92 Å². The molecule has 3 unspecified atom stereocenters. The van der Waals surface area contributed by atoms with Crippen molar-refractivity contribution in [3.05, 3.63) is 29.6 Å². The predicted molar refractivity (Wildman–Crippen MR) is 66.9 cm³/mol. The van der Waals surface area contributed by atoms with E-state index in [9.17, 15) is 5.11 Å². The second-order valence-electron chi connectivity index (χ2n) is 5.83. The van der Waals surface area contributed by atoms with Crippen molar-refractivity contribution in [1.82, 2.24) is 4.98 Å². The van der Waals surface area contributed by atoms with Gasteiger partial charge in [0, 0.05) is 30.3 Å². The second kappa shape index (κ2) is 4.39. The number of nitrogens with zero attached hydrogens (tertiary/aromatic N) is 1. The number of rotatable bonds is 3. The Morgan fingerprint density at radius 1 is 1.35 bits per heavy atom. The normalized spacial score (nSPS) is 28.2. The summed E-state index contributed by atoms with van der Waals surface area (Å²) >= 11 is 0. The van der Waals surface area contributed by atoms with Crippen LogP contribution in [0.15, 0.2) is 18.3 Å². The van der Waals surface area contributed by atoms with Crippen molar-refractivity contribution < 1.29 is 9.84 Å². The van der Waals surface area contributed by atoms with Crippen LogP contribution in [0.4, 0.5) is 0 Å². The molecule has 1 heterocycles. The number of aromatic nitrogens is 1. The summed E-state index contributed by atoms with van der Waals surface area (Å²) in [6.45, 7) is 8.31. The summed E-state index contributed by atoms with van der Waals surface area (Å²) in [6.07, 6.45) is 1.98. The molecule has 0 amide bonds. The molecule has 0 spiro atoms. The zero-order chi connectivity index (χ0) is 12.6. The molecule has 94 valence electrons. The summed E-state index contributed by atoms with van der Waals surface area (Å²) in [4.78, 5) is 4.43. The Morgan fingerprint density at radius 2 is 2.06 bits per heavy atom. The number of aryl methyl sites for hydroxylation is 1. The van der Waals surface area contributed by atoms with Crippen LogP contribution in [0.1, 0.15) is 37.9 Å². The molecule has 1 aliphatic rings. The third kappa shape index (κ3) is 2.85. The molecule has 1 saturated carbocycles. The van der Waals surface area contributed by atoms with E-state index >= 15 is 0 Å². The van der Waals surface area contributed by atoms with Gasteiger partial charge < -0.3 is 9.84 Å². The van der Waals surface area contributed by atoms with E-state index in [0.29, 0.717) is 0 Å². The van der Waals surface area contributed by atoms with Gasteiger partial charge in [-0.25, -0.2) is 0 Å². The smallest absolute Gasteiger partial charge is 0.0727 e. The summed E-state index contributed by atoms with van der Waals surface area (Å²) in [5.74, 6) is 0.448. The first-order chi connectivity index (χ1) is 7.92. The van der Waals surface area contributed by atoms with Crippen molar-refractivity contribution in [1.29, 1.82) is 0 Å². The Kier molecular flexibility index (Phi) is 3.23. The van der Waals surface area contributed by atoms with Crippen LogP contribution in [-0.4, -0.2) is 28.4 Å². The highest BCUT2D eigenvalue weighted by Gasteiger charge is 2.54. The average Bonchev–Trinajstić information content (AvgIpc) is 2.89. The molecule has 3 heteroatoms. The maximum atomic E-state index is 9.35. The highest BCUT2D eigenvalue weighted by Crippen LogP contribution is 2.50. The van der Waals surface area contributed by atoms with E-state index in [2.05, 4.69) is 11.1 Å². The molecule has 0 aromatic carbocycles. The van der Waals surface area contributed by atoms with Gasteiger partial charge in [-0.1, -0.05) is 6.07 Å². The highest BCUT2D eigenvalue weighted by molar-refractivity contribution is 5.25. The quantitative estimate of drug-likeness (QED) is 0.874. The third-order valence-corrected chi connectivity index (χ3v) is 3.07. The van der Waals surface area contributed by atoms with Crippen LogP contribution in [0.2, 0.25) is 0 Å². The Labute approximate surface area is 103 Å². The van der Waals surface area contributed by atoms with E-state index in [4.69, 9.17) is 4.74 Å². The Hall–Kier alpha value is -0.930. The predicted octanol–water partition coefficient (Wildman–Crippen LogP) is 2.28. The minimum absolute atomic E-state index is 0.107. The topological polar surface area (TPSA) is 42.4 Å². The molecule has 1 aromatic heterocycles. The SMILES string of the molecule is Cc1ccc(C2C(CO)C2OC(C)(C)C)nc1. The van der Waals surface area contributed by atoms with Gasteiger partial charge in [-0.2, -0.15) is 0 Å². The van der Waals surface area contributed by atoms with Gasteiger partial charge in [0.05, 0.1) is 11.7 Å². The van der Waals surface area contributed by atoms with Crippen LogP contribution in [-0.2, 0) is 4.74 Å². The number of hydrogen-bond donors (Lipinski definition) is 1. The average molecular weight is 235 g/mol. The largest absolute Gasteiger partial charge is 0.396 e. The summed E-state index contributed by atoms with van der Waals surface area (Å²) in [5.41, 5.74) is 2.02. The fraction of sp³-hybridized carbons (Fsp3) is 0.643. The molecule has 1 aliphatic carbocycles. The molecule has 17 heavy (non-hydrogen) atoms. The summed E-state index contributed by atoms with van der Waals surface area (Å²) in [7, 11) is 0. The maximum absolute atomic E-state index is 9.35. The minimum atomic E-state index is -0.169. The summed E-state index contributed by atoms with van der Waals surface area (Å²) in [6, 6.07) is 4.10. The van der Waals surface area contributed by atoms with Gasteiger partial charge in [0.15, 0.2) is 0 Å². The zero-order valence-electron chi connectivity index (χ0n) is 11.0. The van der Waals surface area contributed by atoms with Crippen molar-refractivity contribution in [3.63, 3.8) is 0 Å². The van der Waals surface area contributed by atoms with Crippen LogP contribution in [0.3, 0.4) is 0 Å². The molecule has 1 N–H and O–H groups in total. The zero-order valence-corrected chi connectivity index (χ0v) is 11.0. The molecule has 2 rings (SSSR count). The van der Waals surface area contributed by atoms with Gasteiger partial charge in [0.1, 0.15) is 0 Å². The van der Waals surface area contributed by atoms with Crippen LogP contribution >= 0.6 is 0 Å². The maximum Gasteiger partial charge on any atom is 0.0727 e. The molecule has 0 aliphatic heterocycles. The first-order valence-corrected chi connectivity index (χ1v) is 6.13.